The van der Waals surface area contributed by atoms with Crippen LogP contribution in [-0.2, 0) is 0 Å². The van der Waals surface area contributed by atoms with Gasteiger partial charge >= 0.3 is 6.01 Å². The summed E-state index contributed by atoms with van der Waals surface area (Å²) >= 11 is 3.09. The van der Waals surface area contributed by atoms with Gasteiger partial charge in [-0.1, -0.05) is 0 Å². The summed E-state index contributed by atoms with van der Waals surface area (Å²) in [6.45, 7) is 2.47. The zero-order valence-electron chi connectivity index (χ0n) is 4.89. The highest BCUT2D eigenvalue weighted by Crippen LogP contribution is 2.05. The van der Waals surface area contributed by atoms with Crippen molar-refractivity contribution >= 4 is 15.9 Å². The van der Waals surface area contributed by atoms with Gasteiger partial charge in [-0.2, -0.15) is 4.98 Å². The summed E-state index contributed by atoms with van der Waals surface area (Å²) in [6, 6.07) is 0.379. The second-order valence-electron chi connectivity index (χ2n) is 1.34. The summed E-state index contributed by atoms with van der Waals surface area (Å²) in [5.74, 6) is 0. The van der Waals surface area contributed by atoms with Crippen LogP contribution in [0.2, 0.25) is 0 Å². The van der Waals surface area contributed by atoms with E-state index < -0.39 is 0 Å². The fraction of sp³-hybridized carbons (Fsp3) is 0.500. The predicted molar refractivity (Wildman–Crippen MR) is 35.3 cm³/mol. The Bertz CT molecular complexity index is 188. The van der Waals surface area contributed by atoms with Gasteiger partial charge in [-0.05, 0) is 22.9 Å². The molecule has 0 radical (unpaired) electrons. The van der Waals surface area contributed by atoms with E-state index in [1.807, 2.05) is 6.92 Å². The molecular weight excluding hydrogens is 186 g/mol. The SMILES string of the molecule is CCOc1n[nH]c(Br)n1. The molecule has 5 heteroatoms. The molecule has 0 amide bonds. The van der Waals surface area contributed by atoms with Crippen LogP contribution in [0, 0.1) is 0 Å². The van der Waals surface area contributed by atoms with Crippen molar-refractivity contribution in [3.63, 3.8) is 0 Å². The van der Waals surface area contributed by atoms with Gasteiger partial charge in [-0.3, -0.25) is 5.10 Å². The third-order valence-electron chi connectivity index (χ3n) is 0.711. The van der Waals surface area contributed by atoms with Crippen molar-refractivity contribution in [2.24, 2.45) is 0 Å². The van der Waals surface area contributed by atoms with Crippen LogP contribution < -0.4 is 4.74 Å². The fourth-order valence-electron chi connectivity index (χ4n) is 0.422. The van der Waals surface area contributed by atoms with E-state index in [-0.39, 0.29) is 0 Å². The molecule has 1 heterocycles. The molecule has 0 atom stereocenters. The van der Waals surface area contributed by atoms with Crippen LogP contribution >= 0.6 is 15.9 Å². The third kappa shape index (κ3) is 1.67. The second kappa shape index (κ2) is 2.82. The van der Waals surface area contributed by atoms with Gasteiger partial charge in [0, 0.05) is 0 Å². The maximum atomic E-state index is 4.94. The lowest BCUT2D eigenvalue weighted by Gasteiger charge is -1.90. The normalized spacial score (nSPS) is 9.56. The molecule has 0 bridgehead atoms. The number of halogens is 1. The van der Waals surface area contributed by atoms with Crippen molar-refractivity contribution < 1.29 is 4.74 Å². The highest BCUT2D eigenvalue weighted by Gasteiger charge is 1.97. The van der Waals surface area contributed by atoms with E-state index in [0.717, 1.165) is 0 Å². The van der Waals surface area contributed by atoms with E-state index >= 15 is 0 Å². The van der Waals surface area contributed by atoms with E-state index in [9.17, 15) is 0 Å². The zero-order chi connectivity index (χ0) is 6.69. The molecule has 0 aliphatic rings. The summed E-state index contributed by atoms with van der Waals surface area (Å²) in [4.78, 5) is 3.83. The van der Waals surface area contributed by atoms with Crippen molar-refractivity contribution in [2.45, 2.75) is 6.92 Å². The lowest BCUT2D eigenvalue weighted by molar-refractivity contribution is 0.314. The molecular formula is C4H6BrN3O. The third-order valence-corrected chi connectivity index (χ3v) is 1.07. The molecule has 1 N–H and O–H groups in total. The Labute approximate surface area is 60.8 Å². The Morgan fingerprint density at radius 1 is 1.78 bits per heavy atom. The molecule has 0 saturated carbocycles. The molecule has 9 heavy (non-hydrogen) atoms. The Hall–Kier alpha value is -0.580. The molecule has 1 aromatic heterocycles. The number of nitrogens with zero attached hydrogens (tertiary/aromatic N) is 2. The minimum absolute atomic E-state index is 0.379. The van der Waals surface area contributed by atoms with Gasteiger partial charge in [0.25, 0.3) is 0 Å². The van der Waals surface area contributed by atoms with Crippen LogP contribution in [0.1, 0.15) is 6.92 Å². The van der Waals surface area contributed by atoms with Gasteiger partial charge in [-0.15, -0.1) is 5.10 Å². The maximum absolute atomic E-state index is 4.94. The van der Waals surface area contributed by atoms with E-state index in [4.69, 9.17) is 4.74 Å². The quantitative estimate of drug-likeness (QED) is 0.759. The zero-order valence-corrected chi connectivity index (χ0v) is 6.47. The van der Waals surface area contributed by atoms with E-state index in [1.54, 1.807) is 0 Å². The van der Waals surface area contributed by atoms with Crippen molar-refractivity contribution in [3.05, 3.63) is 4.73 Å². The molecule has 0 unspecified atom stereocenters. The Morgan fingerprint density at radius 3 is 3.00 bits per heavy atom. The second-order valence-corrected chi connectivity index (χ2v) is 2.09. The predicted octanol–water partition coefficient (Wildman–Crippen LogP) is 0.966. The first-order valence-corrected chi connectivity index (χ1v) is 3.33. The van der Waals surface area contributed by atoms with Gasteiger partial charge in [-0.25, -0.2) is 0 Å². The number of hydrogen-bond donors (Lipinski definition) is 1. The molecule has 0 aromatic carbocycles. The molecule has 1 rings (SSSR count). The number of nitrogens with one attached hydrogen (secondary N) is 1. The fourth-order valence-corrected chi connectivity index (χ4v) is 0.662. The first-order chi connectivity index (χ1) is 4.33. The summed E-state index contributed by atoms with van der Waals surface area (Å²) in [5, 5.41) is 6.28. The average Bonchev–Trinajstić information content (AvgIpc) is 2.17. The summed E-state index contributed by atoms with van der Waals surface area (Å²) in [5.41, 5.74) is 0. The van der Waals surface area contributed by atoms with Crippen LogP contribution in [0.4, 0.5) is 0 Å². The highest BCUT2D eigenvalue weighted by molar-refractivity contribution is 9.10. The molecule has 0 fully saturated rings. The number of H-pyrrole nitrogens is 1. The molecule has 4 nitrogen and oxygen atoms in total. The Kier molecular flexibility index (Phi) is 2.05. The van der Waals surface area contributed by atoms with Crippen LogP contribution in [0.5, 0.6) is 6.01 Å². The van der Waals surface area contributed by atoms with Crippen LogP contribution in [0.15, 0.2) is 4.73 Å². The first-order valence-electron chi connectivity index (χ1n) is 2.53. The largest absolute Gasteiger partial charge is 0.463 e. The van der Waals surface area contributed by atoms with E-state index in [0.29, 0.717) is 17.4 Å². The average molecular weight is 192 g/mol. The van der Waals surface area contributed by atoms with Crippen LogP contribution in [-0.4, -0.2) is 21.8 Å². The van der Waals surface area contributed by atoms with E-state index in [1.165, 1.54) is 0 Å². The number of aromatic amines is 1. The van der Waals surface area contributed by atoms with Gasteiger partial charge in [0.1, 0.15) is 0 Å². The maximum Gasteiger partial charge on any atom is 0.336 e. The first kappa shape index (κ1) is 6.54. The molecule has 0 aliphatic carbocycles. The van der Waals surface area contributed by atoms with Crippen molar-refractivity contribution in [1.29, 1.82) is 0 Å². The molecule has 1 aromatic rings. The summed E-state index contributed by atoms with van der Waals surface area (Å²) in [7, 11) is 0. The monoisotopic (exact) mass is 191 g/mol. The minimum Gasteiger partial charge on any atom is -0.463 e. The Morgan fingerprint density at radius 2 is 2.56 bits per heavy atom. The number of aromatic nitrogens is 3. The standard InChI is InChI=1S/C4H6BrN3O/c1-2-9-4-6-3(5)7-8-4/h2H2,1H3,(H,6,7,8). The molecule has 50 valence electrons. The number of rotatable bonds is 2. The van der Waals surface area contributed by atoms with Gasteiger partial charge in [0.05, 0.1) is 6.61 Å². The smallest absolute Gasteiger partial charge is 0.336 e. The molecule has 0 aliphatic heterocycles. The van der Waals surface area contributed by atoms with Crippen molar-refractivity contribution in [2.75, 3.05) is 6.61 Å². The minimum atomic E-state index is 0.379. The Balaban J connectivity index is 2.61. The van der Waals surface area contributed by atoms with Crippen LogP contribution in [0.3, 0.4) is 0 Å². The van der Waals surface area contributed by atoms with Crippen molar-refractivity contribution in [1.82, 2.24) is 15.2 Å². The topological polar surface area (TPSA) is 50.8 Å². The number of ether oxygens (including phenoxy) is 1. The summed E-state index contributed by atoms with van der Waals surface area (Å²) < 4.78 is 5.53. The van der Waals surface area contributed by atoms with Gasteiger partial charge < -0.3 is 4.74 Å². The van der Waals surface area contributed by atoms with Gasteiger partial charge in [0.15, 0.2) is 4.73 Å². The van der Waals surface area contributed by atoms with Crippen LogP contribution in [0.25, 0.3) is 0 Å². The number of hydrogen-bond acceptors (Lipinski definition) is 3. The summed E-state index contributed by atoms with van der Waals surface area (Å²) in [6.07, 6.45) is 0. The van der Waals surface area contributed by atoms with Crippen molar-refractivity contribution in [3.8, 4) is 6.01 Å². The van der Waals surface area contributed by atoms with E-state index in [2.05, 4.69) is 31.1 Å². The lowest BCUT2D eigenvalue weighted by Crippen LogP contribution is -1.92. The van der Waals surface area contributed by atoms with Gasteiger partial charge in [0.2, 0.25) is 0 Å². The molecule has 0 spiro atoms. The lowest BCUT2D eigenvalue weighted by atomic mass is 10.9. The highest BCUT2D eigenvalue weighted by atomic mass is 79.9. The molecule has 0 saturated heterocycles.